The van der Waals surface area contributed by atoms with Crippen molar-refractivity contribution < 1.29 is 4.79 Å². The van der Waals surface area contributed by atoms with Gasteiger partial charge in [-0.2, -0.15) is 0 Å². The van der Waals surface area contributed by atoms with Gasteiger partial charge in [0.05, 0.1) is 6.42 Å². The molecule has 0 spiro atoms. The number of rotatable bonds is 12. The SMILES string of the molecule is Cc1ccc(CC(N)CN2CC(CC3CCCCC3)N(C(=O)Cc3ccc4ccccc4c3)CC2CCCN=C(N)N)c(C)c1. The number of carbonyl (C=O) groups excluding carboxylic acids is 1. The van der Waals surface area contributed by atoms with Crippen LogP contribution >= 0.6 is 0 Å². The van der Waals surface area contributed by atoms with E-state index in [-0.39, 0.29) is 30.0 Å². The Morgan fingerprint density at radius 1 is 0.933 bits per heavy atom. The molecule has 2 aliphatic rings. The van der Waals surface area contributed by atoms with Crippen LogP contribution in [0.1, 0.15) is 73.6 Å². The summed E-state index contributed by atoms with van der Waals surface area (Å²) in [5.41, 5.74) is 23.1. The second-order valence-electron chi connectivity index (χ2n) is 13.7. The van der Waals surface area contributed by atoms with Gasteiger partial charge in [0, 0.05) is 44.3 Å². The van der Waals surface area contributed by atoms with Gasteiger partial charge in [0.25, 0.3) is 0 Å². The molecule has 2 fully saturated rings. The Morgan fingerprint density at radius 2 is 1.71 bits per heavy atom. The predicted octanol–water partition coefficient (Wildman–Crippen LogP) is 5.47. The highest BCUT2D eigenvalue weighted by Crippen LogP contribution is 2.32. The van der Waals surface area contributed by atoms with Crippen LogP contribution in [0.5, 0.6) is 0 Å². The van der Waals surface area contributed by atoms with E-state index in [0.29, 0.717) is 18.9 Å². The number of hydrogen-bond donors (Lipinski definition) is 3. The number of nitrogens with two attached hydrogens (primary N) is 3. The van der Waals surface area contributed by atoms with E-state index in [1.54, 1.807) is 0 Å². The van der Waals surface area contributed by atoms with Gasteiger partial charge in [-0.3, -0.25) is 14.7 Å². The molecular formula is C38H54N6O. The molecule has 1 heterocycles. The molecule has 0 bridgehead atoms. The summed E-state index contributed by atoms with van der Waals surface area (Å²) in [6.45, 7) is 7.32. The number of guanidine groups is 1. The lowest BCUT2D eigenvalue weighted by molar-refractivity contribution is -0.138. The van der Waals surface area contributed by atoms with E-state index in [1.165, 1.54) is 59.6 Å². The van der Waals surface area contributed by atoms with E-state index >= 15 is 0 Å². The fourth-order valence-electron chi connectivity index (χ4n) is 7.71. The van der Waals surface area contributed by atoms with Crippen LogP contribution in [0.15, 0.2) is 65.7 Å². The third-order valence-electron chi connectivity index (χ3n) is 10.1. The predicted molar refractivity (Wildman–Crippen MR) is 187 cm³/mol. The van der Waals surface area contributed by atoms with E-state index in [9.17, 15) is 4.79 Å². The van der Waals surface area contributed by atoms with E-state index in [0.717, 1.165) is 50.9 Å². The summed E-state index contributed by atoms with van der Waals surface area (Å²) >= 11 is 0. The molecule has 1 aliphatic heterocycles. The number of carbonyl (C=O) groups is 1. The highest BCUT2D eigenvalue weighted by molar-refractivity contribution is 5.85. The molecule has 1 saturated carbocycles. The van der Waals surface area contributed by atoms with Gasteiger partial charge in [-0.05, 0) is 72.9 Å². The number of hydrogen-bond acceptors (Lipinski definition) is 4. The number of benzene rings is 3. The van der Waals surface area contributed by atoms with Gasteiger partial charge in [0.15, 0.2) is 5.96 Å². The zero-order chi connectivity index (χ0) is 31.8. The number of aliphatic imine (C=N–C) groups is 1. The zero-order valence-electron chi connectivity index (χ0n) is 27.5. The maximum absolute atomic E-state index is 14.2. The quantitative estimate of drug-likeness (QED) is 0.143. The van der Waals surface area contributed by atoms with Gasteiger partial charge in [0.2, 0.25) is 5.91 Å². The Kier molecular flexibility index (Phi) is 11.5. The topological polar surface area (TPSA) is 114 Å². The minimum Gasteiger partial charge on any atom is -0.370 e. The number of aryl methyl sites for hydroxylation is 2. The summed E-state index contributed by atoms with van der Waals surface area (Å²) in [7, 11) is 0. The van der Waals surface area contributed by atoms with Crippen molar-refractivity contribution in [2.75, 3.05) is 26.2 Å². The van der Waals surface area contributed by atoms with E-state index in [2.05, 4.69) is 89.3 Å². The van der Waals surface area contributed by atoms with Crippen molar-refractivity contribution in [1.82, 2.24) is 9.80 Å². The average molecular weight is 611 g/mol. The minimum atomic E-state index is 0.0156. The molecular weight excluding hydrogens is 556 g/mol. The third kappa shape index (κ3) is 9.30. The monoisotopic (exact) mass is 610 g/mol. The number of amides is 1. The van der Waals surface area contributed by atoms with Crippen LogP contribution in [0.4, 0.5) is 0 Å². The van der Waals surface area contributed by atoms with Crippen LogP contribution in [0.3, 0.4) is 0 Å². The molecule has 1 saturated heterocycles. The maximum Gasteiger partial charge on any atom is 0.227 e. The summed E-state index contributed by atoms with van der Waals surface area (Å²) < 4.78 is 0. The molecule has 3 unspecified atom stereocenters. The molecule has 6 N–H and O–H groups in total. The summed E-state index contributed by atoms with van der Waals surface area (Å²) in [5, 5.41) is 2.39. The van der Waals surface area contributed by atoms with Crippen molar-refractivity contribution in [3.8, 4) is 0 Å². The molecule has 5 rings (SSSR count). The van der Waals surface area contributed by atoms with Crippen molar-refractivity contribution in [2.24, 2.45) is 28.1 Å². The molecule has 242 valence electrons. The largest absolute Gasteiger partial charge is 0.370 e. The van der Waals surface area contributed by atoms with Crippen molar-refractivity contribution in [2.45, 2.75) is 96.2 Å². The molecule has 3 atom stereocenters. The molecule has 0 aromatic heterocycles. The fraction of sp³-hybridized carbons (Fsp3) is 0.526. The van der Waals surface area contributed by atoms with Crippen molar-refractivity contribution >= 4 is 22.6 Å². The first-order chi connectivity index (χ1) is 21.7. The Bertz CT molecular complexity index is 1440. The first-order valence-electron chi connectivity index (χ1n) is 17.1. The van der Waals surface area contributed by atoms with Gasteiger partial charge in [0.1, 0.15) is 0 Å². The first kappa shape index (κ1) is 33.0. The highest BCUT2D eigenvalue weighted by Gasteiger charge is 2.37. The lowest BCUT2D eigenvalue weighted by Gasteiger charge is -2.48. The molecule has 45 heavy (non-hydrogen) atoms. The number of fused-ring (bicyclic) bond motifs is 1. The fourth-order valence-corrected chi connectivity index (χ4v) is 7.71. The molecule has 7 heteroatoms. The summed E-state index contributed by atoms with van der Waals surface area (Å²) in [6.07, 6.45) is 10.6. The van der Waals surface area contributed by atoms with Gasteiger partial charge < -0.3 is 22.1 Å². The normalized spacial score (nSPS) is 20.3. The van der Waals surface area contributed by atoms with Gasteiger partial charge in [-0.15, -0.1) is 0 Å². The van der Waals surface area contributed by atoms with E-state index < -0.39 is 0 Å². The first-order valence-corrected chi connectivity index (χ1v) is 17.1. The van der Waals surface area contributed by atoms with Crippen LogP contribution in [-0.4, -0.2) is 66.0 Å². The van der Waals surface area contributed by atoms with Gasteiger partial charge in [-0.25, -0.2) is 0 Å². The van der Waals surface area contributed by atoms with E-state index in [4.69, 9.17) is 17.2 Å². The third-order valence-corrected chi connectivity index (χ3v) is 10.1. The van der Waals surface area contributed by atoms with Crippen LogP contribution in [-0.2, 0) is 17.6 Å². The van der Waals surface area contributed by atoms with Crippen LogP contribution in [0.2, 0.25) is 0 Å². The summed E-state index contributed by atoms with van der Waals surface area (Å²) in [4.78, 5) is 23.3. The molecule has 3 aromatic carbocycles. The smallest absolute Gasteiger partial charge is 0.227 e. The molecule has 1 amide bonds. The van der Waals surface area contributed by atoms with Crippen LogP contribution in [0.25, 0.3) is 10.8 Å². The lowest BCUT2D eigenvalue weighted by atomic mass is 9.83. The number of piperazine rings is 1. The van der Waals surface area contributed by atoms with Gasteiger partial charge >= 0.3 is 0 Å². The Labute approximate surface area is 270 Å². The van der Waals surface area contributed by atoms with Crippen LogP contribution in [0, 0.1) is 19.8 Å². The molecule has 0 radical (unpaired) electrons. The Hall–Kier alpha value is -3.42. The van der Waals surface area contributed by atoms with Crippen molar-refractivity contribution in [1.29, 1.82) is 0 Å². The highest BCUT2D eigenvalue weighted by atomic mass is 16.2. The Morgan fingerprint density at radius 3 is 2.47 bits per heavy atom. The molecule has 7 nitrogen and oxygen atoms in total. The number of nitrogens with zero attached hydrogens (tertiary/aromatic N) is 3. The van der Waals surface area contributed by atoms with Crippen molar-refractivity contribution in [3.63, 3.8) is 0 Å². The molecule has 3 aromatic rings. The van der Waals surface area contributed by atoms with E-state index in [1.807, 2.05) is 0 Å². The second kappa shape index (κ2) is 15.7. The second-order valence-corrected chi connectivity index (χ2v) is 13.7. The standard InChI is InChI=1S/C38H54N6O/c1-27-14-16-32(28(2)19-27)23-34(39)24-43-25-36(21-29-9-4-3-5-10-29)44(26-35(43)13-8-18-42-38(40)41)37(45)22-30-15-17-31-11-6-7-12-33(31)20-30/h6-7,11-12,14-17,19-20,29,34-36H,3-5,8-10,13,18,21-26,39H2,1-2H3,(H4,40,41,42). The van der Waals surface area contributed by atoms with Crippen molar-refractivity contribution in [3.05, 3.63) is 82.9 Å². The van der Waals surface area contributed by atoms with Crippen LogP contribution < -0.4 is 17.2 Å². The van der Waals surface area contributed by atoms with Gasteiger partial charge in [-0.1, -0.05) is 98.3 Å². The maximum atomic E-state index is 14.2. The summed E-state index contributed by atoms with van der Waals surface area (Å²) in [6, 6.07) is 21.9. The average Bonchev–Trinajstić information content (AvgIpc) is 3.02. The lowest BCUT2D eigenvalue weighted by Crippen LogP contribution is -2.62. The molecule has 1 aliphatic carbocycles. The Balaban J connectivity index is 1.35. The minimum absolute atomic E-state index is 0.0156. The zero-order valence-corrected chi connectivity index (χ0v) is 27.5. The summed E-state index contributed by atoms with van der Waals surface area (Å²) in [5.74, 6) is 1.05.